The Morgan fingerprint density at radius 2 is 0.933 bits per heavy atom. The minimum Gasteiger partial charge on any atom is -0.462 e. The number of hydrogen-bond acceptors (Lipinski definition) is 8. The number of carbonyl (C=O) groups excluding carboxylic acids is 2. The van der Waals surface area contributed by atoms with E-state index >= 15 is 0 Å². The lowest BCUT2D eigenvalue weighted by Crippen LogP contribution is -2.29. The number of rotatable bonds is 30. The Kier molecular flexibility index (Phi) is 28.6. The van der Waals surface area contributed by atoms with Crippen molar-refractivity contribution in [3.05, 3.63) is 0 Å². The fraction of sp³-hybridized carbons (Fsp3) is 0.943. The van der Waals surface area contributed by atoms with Crippen LogP contribution in [0.2, 0.25) is 0 Å². The van der Waals surface area contributed by atoms with Crippen molar-refractivity contribution in [2.45, 2.75) is 186 Å². The summed E-state index contributed by atoms with van der Waals surface area (Å²) >= 11 is 4.09. The van der Waals surface area contributed by atoms with Gasteiger partial charge in [-0.2, -0.15) is 23.5 Å². The standard InChI is InChI=1S/C35H69O7PS2/c1-34(2,3)44-27-23-19-15-11-7-9-13-17-21-25-32(36)40-29-31(30-41-43(38)39)42-33(37)26-22-18-14-10-8-12-16-20-24-28-45-35(4,5)6/h31,43H,7-30H2,1-6H3,(H,38,39)/t31-/m1/s1. The van der Waals surface area contributed by atoms with Crippen LogP contribution in [0.25, 0.3) is 0 Å². The normalized spacial score (nSPS) is 13.5. The van der Waals surface area contributed by atoms with E-state index in [1.807, 2.05) is 23.5 Å². The van der Waals surface area contributed by atoms with Gasteiger partial charge >= 0.3 is 20.2 Å². The maximum atomic E-state index is 12.3. The van der Waals surface area contributed by atoms with Crippen molar-refractivity contribution < 1.29 is 33.0 Å². The van der Waals surface area contributed by atoms with Gasteiger partial charge in [-0.15, -0.1) is 0 Å². The highest BCUT2D eigenvalue weighted by atomic mass is 32.2. The van der Waals surface area contributed by atoms with Crippen LogP contribution in [-0.4, -0.2) is 57.1 Å². The van der Waals surface area contributed by atoms with Gasteiger partial charge < -0.3 is 18.9 Å². The Bertz CT molecular complexity index is 753. The second-order valence-corrected chi connectivity index (χ2v) is 18.8. The van der Waals surface area contributed by atoms with Crippen molar-refractivity contribution in [3.63, 3.8) is 0 Å². The first kappa shape index (κ1) is 44.8. The predicted octanol–water partition coefficient (Wildman–Crippen LogP) is 10.7. The third-order valence-corrected chi connectivity index (χ3v) is 10.4. The summed E-state index contributed by atoms with van der Waals surface area (Å²) in [7, 11) is -3.17. The highest BCUT2D eigenvalue weighted by Gasteiger charge is 2.18. The molecule has 0 aromatic carbocycles. The molecule has 1 N–H and O–H groups in total. The quantitative estimate of drug-likeness (QED) is 0.0447. The molecule has 1 unspecified atom stereocenters. The second kappa shape index (κ2) is 28.8. The van der Waals surface area contributed by atoms with Crippen molar-refractivity contribution in [1.29, 1.82) is 0 Å². The summed E-state index contributed by atoms with van der Waals surface area (Å²) in [6.45, 7) is 13.2. The summed E-state index contributed by atoms with van der Waals surface area (Å²) in [6, 6.07) is 0. The average Bonchev–Trinajstić information content (AvgIpc) is 2.94. The summed E-state index contributed by atoms with van der Waals surface area (Å²) in [5.41, 5.74) is 0. The van der Waals surface area contributed by atoms with Gasteiger partial charge in [-0.3, -0.25) is 14.2 Å². The minimum absolute atomic E-state index is 0.164. The fourth-order valence-corrected chi connectivity index (χ4v) is 7.01. The van der Waals surface area contributed by atoms with Crippen LogP contribution >= 0.6 is 31.8 Å². The van der Waals surface area contributed by atoms with Crippen LogP contribution < -0.4 is 0 Å². The SMILES string of the molecule is CC(C)(C)SCCCCCCCCCCCC(=O)OC[C@H](CO[PH](=O)O)OC(=O)CCCCCCCCCCCSC(C)(C)C. The first-order valence-corrected chi connectivity index (χ1v) is 21.0. The topological polar surface area (TPSA) is 99.1 Å². The van der Waals surface area contributed by atoms with Crippen LogP contribution in [0.1, 0.15) is 170 Å². The smallest absolute Gasteiger partial charge is 0.316 e. The first-order chi connectivity index (χ1) is 21.3. The molecular formula is C35H69O7PS2. The zero-order chi connectivity index (χ0) is 33.8. The van der Waals surface area contributed by atoms with Gasteiger partial charge in [-0.25, -0.2) is 0 Å². The Labute approximate surface area is 286 Å². The Morgan fingerprint density at radius 3 is 1.31 bits per heavy atom. The Morgan fingerprint density at radius 1 is 0.578 bits per heavy atom. The molecule has 268 valence electrons. The lowest BCUT2D eigenvalue weighted by Gasteiger charge is -2.17. The van der Waals surface area contributed by atoms with Crippen LogP contribution in [0, 0.1) is 0 Å². The van der Waals surface area contributed by atoms with E-state index in [1.165, 1.54) is 88.6 Å². The highest BCUT2D eigenvalue weighted by molar-refractivity contribution is 8.00. The maximum Gasteiger partial charge on any atom is 0.316 e. The molecule has 0 amide bonds. The molecule has 0 aliphatic heterocycles. The third-order valence-electron chi connectivity index (χ3n) is 7.24. The van der Waals surface area contributed by atoms with Crippen LogP contribution in [0.3, 0.4) is 0 Å². The van der Waals surface area contributed by atoms with E-state index in [2.05, 4.69) is 41.5 Å². The molecule has 0 saturated carbocycles. The van der Waals surface area contributed by atoms with Gasteiger partial charge in [-0.1, -0.05) is 131 Å². The monoisotopic (exact) mass is 696 g/mol. The first-order valence-electron chi connectivity index (χ1n) is 17.8. The van der Waals surface area contributed by atoms with Gasteiger partial charge in [0.05, 0.1) is 6.61 Å². The molecule has 0 aliphatic carbocycles. The molecule has 0 radical (unpaired) electrons. The molecule has 0 aromatic heterocycles. The minimum atomic E-state index is -3.17. The Hall–Kier alpha value is -0.210. The molecular weight excluding hydrogens is 627 g/mol. The summed E-state index contributed by atoms with van der Waals surface area (Å²) in [4.78, 5) is 33.6. The molecule has 0 aliphatic rings. The van der Waals surface area contributed by atoms with Crippen LogP contribution in [0.5, 0.6) is 0 Å². The average molecular weight is 697 g/mol. The van der Waals surface area contributed by atoms with E-state index < -0.39 is 20.3 Å². The molecule has 7 nitrogen and oxygen atoms in total. The van der Waals surface area contributed by atoms with Gasteiger partial charge in [0.1, 0.15) is 6.61 Å². The maximum absolute atomic E-state index is 12.3. The Balaban J connectivity index is 3.87. The van der Waals surface area contributed by atoms with Crippen LogP contribution in [-0.2, 0) is 28.2 Å². The predicted molar refractivity (Wildman–Crippen MR) is 195 cm³/mol. The van der Waals surface area contributed by atoms with E-state index in [4.69, 9.17) is 18.9 Å². The molecule has 2 atom stereocenters. The molecule has 0 heterocycles. The van der Waals surface area contributed by atoms with Crippen molar-refractivity contribution in [2.75, 3.05) is 24.7 Å². The summed E-state index contributed by atoms with van der Waals surface area (Å²) in [5, 5.41) is 0. The molecule has 10 heteroatoms. The third kappa shape index (κ3) is 36.5. The molecule has 45 heavy (non-hydrogen) atoms. The molecule has 0 spiro atoms. The van der Waals surface area contributed by atoms with Crippen LogP contribution in [0.15, 0.2) is 0 Å². The lowest BCUT2D eigenvalue weighted by molar-refractivity contribution is -0.161. The molecule has 0 saturated heterocycles. The summed E-state index contributed by atoms with van der Waals surface area (Å²) in [6.07, 6.45) is 20.6. The number of esters is 2. The van der Waals surface area contributed by atoms with E-state index in [0.29, 0.717) is 15.9 Å². The van der Waals surface area contributed by atoms with Crippen molar-refractivity contribution in [2.24, 2.45) is 0 Å². The van der Waals surface area contributed by atoms with Gasteiger partial charge in [0, 0.05) is 22.3 Å². The van der Waals surface area contributed by atoms with E-state index in [0.717, 1.165) is 38.5 Å². The van der Waals surface area contributed by atoms with E-state index in [1.54, 1.807) is 0 Å². The van der Waals surface area contributed by atoms with E-state index in [9.17, 15) is 14.2 Å². The summed E-state index contributed by atoms with van der Waals surface area (Å²) < 4.78 is 27.2. The van der Waals surface area contributed by atoms with Gasteiger partial charge in [0.25, 0.3) is 0 Å². The molecule has 0 aromatic rings. The molecule has 0 rings (SSSR count). The van der Waals surface area contributed by atoms with Crippen molar-refractivity contribution in [1.82, 2.24) is 0 Å². The number of hydrogen-bond donors (Lipinski definition) is 1. The number of thioether (sulfide) groups is 2. The number of carbonyl (C=O) groups is 2. The highest BCUT2D eigenvalue weighted by Crippen LogP contribution is 2.25. The number of unbranched alkanes of at least 4 members (excludes halogenated alkanes) is 16. The zero-order valence-electron chi connectivity index (χ0n) is 29.8. The fourth-order valence-electron chi connectivity index (χ4n) is 4.76. The number of ether oxygens (including phenoxy) is 2. The summed E-state index contributed by atoms with van der Waals surface area (Å²) in [5.74, 6) is 1.75. The lowest BCUT2D eigenvalue weighted by atomic mass is 10.1. The van der Waals surface area contributed by atoms with Crippen molar-refractivity contribution in [3.8, 4) is 0 Å². The van der Waals surface area contributed by atoms with E-state index in [-0.39, 0.29) is 25.6 Å². The zero-order valence-corrected chi connectivity index (χ0v) is 32.4. The second-order valence-electron chi connectivity index (χ2n) is 14.2. The van der Waals surface area contributed by atoms with Gasteiger partial charge in [0.15, 0.2) is 6.10 Å². The molecule has 0 fully saturated rings. The van der Waals surface area contributed by atoms with Gasteiger partial charge in [0.2, 0.25) is 0 Å². The largest absolute Gasteiger partial charge is 0.462 e. The van der Waals surface area contributed by atoms with Crippen LogP contribution in [0.4, 0.5) is 0 Å². The molecule has 0 bridgehead atoms. The van der Waals surface area contributed by atoms with Gasteiger partial charge in [-0.05, 0) is 37.2 Å². The van der Waals surface area contributed by atoms with Crippen molar-refractivity contribution >= 4 is 43.7 Å².